The fourth-order valence-corrected chi connectivity index (χ4v) is 12.8. The molecule has 6 aromatic carbocycles. The van der Waals surface area contributed by atoms with Crippen molar-refractivity contribution >= 4 is 122 Å². The van der Waals surface area contributed by atoms with E-state index in [1.54, 1.807) is 27.4 Å². The number of carbonyl (C=O) groups excluding carboxylic acids is 2. The van der Waals surface area contributed by atoms with Crippen molar-refractivity contribution in [2.24, 2.45) is 0 Å². The number of aryl methyl sites for hydroxylation is 1. The van der Waals surface area contributed by atoms with Gasteiger partial charge in [0.25, 0.3) is 0 Å². The van der Waals surface area contributed by atoms with Crippen LogP contribution in [0.3, 0.4) is 0 Å². The monoisotopic (exact) mass is 1280 g/mol. The van der Waals surface area contributed by atoms with Crippen molar-refractivity contribution in [2.75, 3.05) is 153 Å². The van der Waals surface area contributed by atoms with Crippen molar-refractivity contribution in [1.29, 1.82) is 0 Å². The number of ether oxygens (including phenoxy) is 6. The maximum atomic E-state index is 13.6. The Morgan fingerprint density at radius 1 is 0.478 bits per heavy atom. The quantitative estimate of drug-likeness (QED) is 0.0291. The molecule has 6 heterocycles. The van der Waals surface area contributed by atoms with Crippen molar-refractivity contribution < 1.29 is 38.0 Å². The standard InChI is InChI=1S/C66H74N16O8S2/c1-41-9-15-54(51(31-41)73-63(83)77-65-75-47-13-11-43(33-59(47)91-65)71-61-45-35-55(86-5)57(37-49(45)67-39-69-61)88-28-7-18-81-24-20-79(2)21-25-81)90-30-17-42-10-16-53(85-4)52(32-42)74-64(84)78-66-76-48-14-12-44(34-60(48)92-66)72-62-46-36-56(87-6)58(38-50(46)68-40-70-62)89-29-8-19-82-26-22-80(3)23-27-82/h9-16,31-40H,7-8,17-30H2,1-6H3,(H,67,69,71)(H,68,70,72)(H2,73,75,77,83)(H2,74,76,78,84). The summed E-state index contributed by atoms with van der Waals surface area (Å²) >= 11 is 2.68. The number of thiazole rings is 2. The lowest BCUT2D eigenvalue weighted by molar-refractivity contribution is 0.145. The van der Waals surface area contributed by atoms with Gasteiger partial charge in [0.05, 0.1) is 84.0 Å². The van der Waals surface area contributed by atoms with Gasteiger partial charge in [0.2, 0.25) is 0 Å². The van der Waals surface area contributed by atoms with Gasteiger partial charge in [-0.25, -0.2) is 39.5 Å². The zero-order chi connectivity index (χ0) is 63.5. The molecule has 26 heteroatoms. The van der Waals surface area contributed by atoms with E-state index in [9.17, 15) is 9.59 Å². The minimum absolute atomic E-state index is 0.259. The summed E-state index contributed by atoms with van der Waals surface area (Å²) in [6.45, 7) is 13.9. The highest BCUT2D eigenvalue weighted by atomic mass is 32.1. The third-order valence-electron chi connectivity index (χ3n) is 16.1. The Bertz CT molecular complexity index is 4250. The summed E-state index contributed by atoms with van der Waals surface area (Å²) in [5.74, 6) is 4.62. The number of aromatic nitrogens is 6. The minimum atomic E-state index is -0.493. The number of carbonyl (C=O) groups is 2. The summed E-state index contributed by atoms with van der Waals surface area (Å²) in [6.07, 6.45) is 5.33. The molecule has 4 amide bonds. The van der Waals surface area contributed by atoms with Crippen molar-refractivity contribution in [2.45, 2.75) is 26.2 Å². The predicted octanol–water partition coefficient (Wildman–Crippen LogP) is 11.6. The van der Waals surface area contributed by atoms with Crippen LogP contribution in [0.1, 0.15) is 24.0 Å². The van der Waals surface area contributed by atoms with Crippen molar-refractivity contribution in [1.82, 2.24) is 49.5 Å². The van der Waals surface area contributed by atoms with Crippen LogP contribution in [0.25, 0.3) is 42.2 Å². The molecule has 2 aliphatic heterocycles. The van der Waals surface area contributed by atoms with Crippen molar-refractivity contribution in [3.63, 3.8) is 0 Å². The molecule has 2 aliphatic rings. The third kappa shape index (κ3) is 15.6. The number of piperazine rings is 2. The number of urea groups is 2. The van der Waals surface area contributed by atoms with Crippen LogP contribution >= 0.6 is 22.7 Å². The lowest BCUT2D eigenvalue weighted by Gasteiger charge is -2.32. The summed E-state index contributed by atoms with van der Waals surface area (Å²) in [4.78, 5) is 64.4. The third-order valence-corrected chi connectivity index (χ3v) is 17.9. The van der Waals surface area contributed by atoms with Crippen LogP contribution < -0.4 is 60.3 Å². The summed E-state index contributed by atoms with van der Waals surface area (Å²) in [7, 11) is 9.12. The normalized spacial score (nSPS) is 14.1. The van der Waals surface area contributed by atoms with E-state index >= 15 is 0 Å². The Morgan fingerprint density at radius 2 is 0.957 bits per heavy atom. The van der Waals surface area contributed by atoms with Crippen LogP contribution in [0.2, 0.25) is 0 Å². The molecule has 24 nitrogen and oxygen atoms in total. The zero-order valence-corrected chi connectivity index (χ0v) is 53.9. The Kier molecular flexibility index (Phi) is 19.9. The summed E-state index contributed by atoms with van der Waals surface area (Å²) in [5, 5.41) is 20.9. The Balaban J connectivity index is 0.624. The van der Waals surface area contributed by atoms with Gasteiger partial charge in [-0.3, -0.25) is 10.6 Å². The fraction of sp³-hybridized carbons (Fsp3) is 0.333. The van der Waals surface area contributed by atoms with Crippen molar-refractivity contribution in [3.8, 4) is 34.5 Å². The molecular weight excluding hydrogens is 1210 g/mol. The van der Waals surface area contributed by atoms with E-state index in [-0.39, 0.29) is 6.61 Å². The first-order valence-electron chi connectivity index (χ1n) is 30.5. The molecule has 92 heavy (non-hydrogen) atoms. The molecule has 0 atom stereocenters. The summed E-state index contributed by atoms with van der Waals surface area (Å²) in [5.41, 5.74) is 7.16. The molecule has 6 N–H and O–H groups in total. The van der Waals surface area contributed by atoms with Crippen LogP contribution in [0.5, 0.6) is 34.5 Å². The summed E-state index contributed by atoms with van der Waals surface area (Å²) < 4.78 is 37.6. The molecule has 0 bridgehead atoms. The molecule has 12 rings (SSSR count). The molecule has 0 radical (unpaired) electrons. The number of likely N-dealkylation sites (N-methyl/N-ethyl adjacent to an activating group) is 2. The van der Waals surface area contributed by atoms with E-state index in [1.807, 2.05) is 97.9 Å². The van der Waals surface area contributed by atoms with Gasteiger partial charge in [0, 0.05) is 106 Å². The molecule has 2 fully saturated rings. The van der Waals surface area contributed by atoms with Crippen LogP contribution in [0.4, 0.5) is 54.2 Å². The van der Waals surface area contributed by atoms with E-state index in [1.165, 1.54) is 35.3 Å². The number of anilines is 8. The van der Waals surface area contributed by atoms with E-state index in [0.717, 1.165) is 121 Å². The van der Waals surface area contributed by atoms with Gasteiger partial charge in [-0.1, -0.05) is 34.8 Å². The summed E-state index contributed by atoms with van der Waals surface area (Å²) in [6, 6.07) is 29.3. The first-order chi connectivity index (χ1) is 44.9. The Hall–Kier alpha value is -9.44. The van der Waals surface area contributed by atoms with Gasteiger partial charge in [0.15, 0.2) is 33.3 Å². The Morgan fingerprint density at radius 3 is 1.46 bits per heavy atom. The van der Waals surface area contributed by atoms with Gasteiger partial charge >= 0.3 is 12.1 Å². The topological polar surface area (TPSA) is 252 Å². The second-order valence-corrected chi connectivity index (χ2v) is 24.7. The van der Waals surface area contributed by atoms with Gasteiger partial charge < -0.3 is 69.3 Å². The van der Waals surface area contributed by atoms with Crippen LogP contribution in [0.15, 0.2) is 110 Å². The maximum absolute atomic E-state index is 13.6. The van der Waals surface area contributed by atoms with E-state index in [0.29, 0.717) is 109 Å². The molecule has 2 saturated heterocycles. The Labute approximate surface area is 540 Å². The maximum Gasteiger partial charge on any atom is 0.325 e. The van der Waals surface area contributed by atoms with E-state index in [4.69, 9.17) is 33.4 Å². The number of benzene rings is 6. The molecule has 0 unspecified atom stereocenters. The molecule has 4 aromatic heterocycles. The van der Waals surface area contributed by atoms with Crippen LogP contribution in [-0.4, -0.2) is 182 Å². The molecule has 0 aliphatic carbocycles. The SMILES string of the molecule is COc1ccc(CCOc2ccc(C)cc2NC(=O)Nc2nc3ccc(Nc4ncnc5cc(OCCCN6CCN(C)CC6)c(OC)cc45)cc3s2)cc1NC(=O)Nc1nc2ccc(Nc3ncnc4cc(OCCCN5CCN(C)CC5)c(OC)cc34)cc2s1. The van der Waals surface area contributed by atoms with Crippen molar-refractivity contribution in [3.05, 3.63) is 121 Å². The molecule has 10 aromatic rings. The highest BCUT2D eigenvalue weighted by molar-refractivity contribution is 7.22. The van der Waals surface area contributed by atoms with Gasteiger partial charge in [-0.05, 0) is 118 Å². The number of nitrogens with zero attached hydrogens (tertiary/aromatic N) is 10. The average molecular weight is 1280 g/mol. The smallest absolute Gasteiger partial charge is 0.325 e. The fourth-order valence-electron chi connectivity index (χ4n) is 11.0. The number of fused-ring (bicyclic) bond motifs is 4. The van der Waals surface area contributed by atoms with Gasteiger partial charge in [0.1, 0.15) is 35.8 Å². The average Bonchev–Trinajstić information content (AvgIpc) is 0.964. The molecule has 0 saturated carbocycles. The number of hydrogen-bond donors (Lipinski definition) is 6. The number of nitrogens with one attached hydrogen (secondary N) is 6. The lowest BCUT2D eigenvalue weighted by atomic mass is 10.1. The second-order valence-electron chi connectivity index (χ2n) is 22.6. The zero-order valence-electron chi connectivity index (χ0n) is 52.3. The van der Waals surface area contributed by atoms with E-state index < -0.39 is 12.1 Å². The predicted molar refractivity (Wildman–Crippen MR) is 365 cm³/mol. The molecule has 478 valence electrons. The van der Waals surface area contributed by atoms with E-state index in [2.05, 4.69) is 90.5 Å². The van der Waals surface area contributed by atoms with Gasteiger partial charge in [-0.2, -0.15) is 0 Å². The number of rotatable bonds is 25. The number of hydrogen-bond acceptors (Lipinski definition) is 22. The highest BCUT2D eigenvalue weighted by Gasteiger charge is 2.20. The first kappa shape index (κ1) is 62.7. The largest absolute Gasteiger partial charge is 0.495 e. The number of methoxy groups -OCH3 is 3. The molecular formula is C66H74N16O8S2. The number of amides is 4. The minimum Gasteiger partial charge on any atom is -0.495 e. The van der Waals surface area contributed by atoms with Crippen LogP contribution in [-0.2, 0) is 6.42 Å². The van der Waals surface area contributed by atoms with Crippen LogP contribution in [0, 0.1) is 6.92 Å². The van der Waals surface area contributed by atoms with Gasteiger partial charge in [-0.15, -0.1) is 0 Å². The lowest BCUT2D eigenvalue weighted by Crippen LogP contribution is -2.44. The highest BCUT2D eigenvalue weighted by Crippen LogP contribution is 2.39. The second kappa shape index (κ2) is 29.2. The molecule has 0 spiro atoms. The first-order valence-corrected chi connectivity index (χ1v) is 32.2.